The van der Waals surface area contributed by atoms with Crippen LogP contribution in [0.4, 0.5) is 16.4 Å². The van der Waals surface area contributed by atoms with Crippen molar-refractivity contribution in [3.05, 3.63) is 107 Å². The summed E-state index contributed by atoms with van der Waals surface area (Å²) in [6, 6.07) is 33.8. The first-order valence-electron chi connectivity index (χ1n) is 11.3. The highest BCUT2D eigenvalue weighted by Gasteiger charge is 2.16. The molecule has 0 saturated heterocycles. The van der Waals surface area contributed by atoms with Crippen molar-refractivity contribution in [3.8, 4) is 31.6 Å². The highest BCUT2D eigenvalue weighted by molar-refractivity contribution is 7.27. The van der Waals surface area contributed by atoms with E-state index in [1.807, 2.05) is 18.2 Å². The quantitative estimate of drug-likeness (QED) is 0.210. The standard InChI is InChI=1S/C30H21N3S3/c1-20-3-7-23(8-4-20)33(24-9-5-21(2)6-10-24)30-16-15-29(36-30)28-14-13-27(35-28)26-12-11-25(34-26)17-22(18-31)19-32/h3-17H,1-2H3. The Hall–Kier alpha value is -3.94. The third-order valence-corrected chi connectivity index (χ3v) is 9.22. The summed E-state index contributed by atoms with van der Waals surface area (Å²) in [7, 11) is 0. The maximum Gasteiger partial charge on any atom is 0.131 e. The minimum absolute atomic E-state index is 0.119. The molecule has 0 unspecified atom stereocenters. The van der Waals surface area contributed by atoms with Crippen molar-refractivity contribution in [2.75, 3.05) is 4.90 Å². The van der Waals surface area contributed by atoms with E-state index in [4.69, 9.17) is 10.5 Å². The van der Waals surface area contributed by atoms with E-state index in [-0.39, 0.29) is 5.57 Å². The third-order valence-electron chi connectivity index (χ3n) is 5.64. The average molecular weight is 520 g/mol. The number of hydrogen-bond donors (Lipinski definition) is 0. The molecule has 3 aromatic heterocycles. The Morgan fingerprint density at radius 2 is 1.08 bits per heavy atom. The Bertz CT molecular complexity index is 1560. The maximum absolute atomic E-state index is 9.01. The molecule has 0 aliphatic heterocycles. The van der Waals surface area contributed by atoms with Gasteiger partial charge in [-0.1, -0.05) is 35.4 Å². The number of nitrogens with zero attached hydrogens (tertiary/aromatic N) is 3. The van der Waals surface area contributed by atoms with E-state index in [2.05, 4.69) is 97.6 Å². The molecular formula is C30H21N3S3. The van der Waals surface area contributed by atoms with Gasteiger partial charge in [-0.25, -0.2) is 0 Å². The van der Waals surface area contributed by atoms with Crippen LogP contribution in [0.3, 0.4) is 0 Å². The van der Waals surface area contributed by atoms with Gasteiger partial charge in [-0.3, -0.25) is 0 Å². The number of anilines is 3. The van der Waals surface area contributed by atoms with Crippen LogP contribution in [-0.2, 0) is 0 Å². The summed E-state index contributed by atoms with van der Waals surface area (Å²) in [5.74, 6) is 0. The van der Waals surface area contributed by atoms with Gasteiger partial charge in [-0.15, -0.1) is 34.0 Å². The number of hydrogen-bond acceptors (Lipinski definition) is 6. The molecular weight excluding hydrogens is 499 g/mol. The Morgan fingerprint density at radius 3 is 1.64 bits per heavy atom. The Kier molecular flexibility index (Phi) is 6.84. The Balaban J connectivity index is 1.46. The number of thiophene rings is 3. The van der Waals surface area contributed by atoms with E-state index >= 15 is 0 Å². The fourth-order valence-corrected chi connectivity index (χ4v) is 6.95. The summed E-state index contributed by atoms with van der Waals surface area (Å²) in [6.07, 6.45) is 1.64. The number of aryl methyl sites for hydroxylation is 2. The molecule has 36 heavy (non-hydrogen) atoms. The normalized spacial score (nSPS) is 10.4. The van der Waals surface area contributed by atoms with Gasteiger partial charge in [0.1, 0.15) is 22.7 Å². The van der Waals surface area contributed by atoms with E-state index in [0.29, 0.717) is 0 Å². The molecule has 5 aromatic rings. The molecule has 0 fully saturated rings. The van der Waals surface area contributed by atoms with Crippen LogP contribution in [0.5, 0.6) is 0 Å². The summed E-state index contributed by atoms with van der Waals surface area (Å²) < 4.78 is 0. The molecule has 3 heterocycles. The molecule has 0 aliphatic rings. The van der Waals surface area contributed by atoms with Gasteiger partial charge >= 0.3 is 0 Å². The fourth-order valence-electron chi connectivity index (χ4n) is 3.77. The lowest BCUT2D eigenvalue weighted by Gasteiger charge is -2.24. The second-order valence-electron chi connectivity index (χ2n) is 8.29. The monoisotopic (exact) mass is 519 g/mol. The molecule has 0 amide bonds. The van der Waals surface area contributed by atoms with Gasteiger partial charge in [0.25, 0.3) is 0 Å². The van der Waals surface area contributed by atoms with Crippen molar-refractivity contribution >= 4 is 56.5 Å². The number of allylic oxidation sites excluding steroid dienone is 1. The molecule has 5 rings (SSSR count). The highest BCUT2D eigenvalue weighted by atomic mass is 32.1. The molecule has 0 aliphatic carbocycles. The van der Waals surface area contributed by atoms with Crippen LogP contribution in [0.15, 0.2) is 90.5 Å². The van der Waals surface area contributed by atoms with Gasteiger partial charge in [0.2, 0.25) is 0 Å². The van der Waals surface area contributed by atoms with Crippen molar-refractivity contribution in [1.29, 1.82) is 10.5 Å². The van der Waals surface area contributed by atoms with Crippen LogP contribution >= 0.6 is 34.0 Å². The van der Waals surface area contributed by atoms with Crippen LogP contribution in [0.1, 0.15) is 16.0 Å². The topological polar surface area (TPSA) is 50.8 Å². The molecule has 0 bridgehead atoms. The molecule has 0 N–H and O–H groups in total. The predicted octanol–water partition coefficient (Wildman–Crippen LogP) is 9.72. The molecule has 6 heteroatoms. The first-order chi connectivity index (χ1) is 17.5. The number of benzene rings is 2. The zero-order valence-corrected chi connectivity index (χ0v) is 22.2. The van der Waals surface area contributed by atoms with E-state index < -0.39 is 0 Å². The zero-order chi connectivity index (χ0) is 25.1. The molecule has 2 aromatic carbocycles. The van der Waals surface area contributed by atoms with E-state index in [1.165, 1.54) is 25.8 Å². The Morgan fingerprint density at radius 1 is 0.611 bits per heavy atom. The van der Waals surface area contributed by atoms with E-state index in [1.54, 1.807) is 40.1 Å². The lowest BCUT2D eigenvalue weighted by Crippen LogP contribution is -2.08. The lowest BCUT2D eigenvalue weighted by molar-refractivity contribution is 1.29. The summed E-state index contributed by atoms with van der Waals surface area (Å²) in [4.78, 5) is 7.96. The van der Waals surface area contributed by atoms with Crippen molar-refractivity contribution < 1.29 is 0 Å². The Labute approximate surface area is 223 Å². The van der Waals surface area contributed by atoms with Gasteiger partial charge in [0, 0.05) is 35.8 Å². The first-order valence-corrected chi connectivity index (χ1v) is 13.7. The smallest absolute Gasteiger partial charge is 0.131 e. The largest absolute Gasteiger partial charge is 0.302 e. The van der Waals surface area contributed by atoms with Crippen molar-refractivity contribution in [2.24, 2.45) is 0 Å². The van der Waals surface area contributed by atoms with Crippen molar-refractivity contribution in [2.45, 2.75) is 13.8 Å². The number of rotatable bonds is 6. The van der Waals surface area contributed by atoms with Crippen LogP contribution < -0.4 is 4.90 Å². The van der Waals surface area contributed by atoms with Crippen LogP contribution in [0, 0.1) is 36.5 Å². The van der Waals surface area contributed by atoms with Crippen LogP contribution in [-0.4, -0.2) is 0 Å². The second kappa shape index (κ2) is 10.4. The van der Waals surface area contributed by atoms with Gasteiger partial charge in [-0.05, 0) is 80.6 Å². The van der Waals surface area contributed by atoms with Crippen LogP contribution in [0.2, 0.25) is 0 Å². The molecule has 0 saturated carbocycles. The number of nitriles is 2. The minimum atomic E-state index is 0.119. The molecule has 0 radical (unpaired) electrons. The van der Waals surface area contributed by atoms with Crippen molar-refractivity contribution in [1.82, 2.24) is 0 Å². The second-order valence-corrected chi connectivity index (χ2v) is 11.6. The average Bonchev–Trinajstić information content (AvgIpc) is 3.66. The summed E-state index contributed by atoms with van der Waals surface area (Å²) in [5, 5.41) is 19.2. The van der Waals surface area contributed by atoms with Gasteiger partial charge in [0.15, 0.2) is 0 Å². The van der Waals surface area contributed by atoms with Gasteiger partial charge in [0.05, 0.1) is 0 Å². The fraction of sp³-hybridized carbons (Fsp3) is 0.0667. The lowest BCUT2D eigenvalue weighted by atomic mass is 10.1. The third kappa shape index (κ3) is 5.03. The molecule has 3 nitrogen and oxygen atoms in total. The van der Waals surface area contributed by atoms with Gasteiger partial charge < -0.3 is 4.90 Å². The molecule has 174 valence electrons. The molecule has 0 atom stereocenters. The van der Waals surface area contributed by atoms with Crippen molar-refractivity contribution in [3.63, 3.8) is 0 Å². The summed E-state index contributed by atoms with van der Waals surface area (Å²) in [6.45, 7) is 4.22. The predicted molar refractivity (Wildman–Crippen MR) is 154 cm³/mol. The highest BCUT2D eigenvalue weighted by Crippen LogP contribution is 2.45. The zero-order valence-electron chi connectivity index (χ0n) is 19.7. The minimum Gasteiger partial charge on any atom is -0.302 e. The van der Waals surface area contributed by atoms with E-state index in [9.17, 15) is 0 Å². The SMILES string of the molecule is Cc1ccc(N(c2ccc(C)cc2)c2ccc(-c3ccc(-c4ccc(C=C(C#N)C#N)s4)s3)s2)cc1. The molecule has 0 spiro atoms. The first kappa shape index (κ1) is 23.8. The summed E-state index contributed by atoms with van der Waals surface area (Å²) >= 11 is 5.12. The maximum atomic E-state index is 9.01. The van der Waals surface area contributed by atoms with E-state index in [0.717, 1.165) is 26.1 Å². The van der Waals surface area contributed by atoms with Crippen LogP contribution in [0.25, 0.3) is 25.6 Å². The summed E-state index contributed by atoms with van der Waals surface area (Å²) in [5.41, 5.74) is 4.87. The van der Waals surface area contributed by atoms with Gasteiger partial charge in [-0.2, -0.15) is 10.5 Å².